The van der Waals surface area contributed by atoms with Gasteiger partial charge in [0.05, 0.1) is 19.7 Å². The Morgan fingerprint density at radius 3 is 1.43 bits per heavy atom. The van der Waals surface area contributed by atoms with E-state index in [1.165, 1.54) is 0 Å². The first-order chi connectivity index (χ1) is 19.0. The second-order valence-electron chi connectivity index (χ2n) is 17.2. The Morgan fingerprint density at radius 2 is 1.05 bits per heavy atom. The Labute approximate surface area is 262 Å². The Morgan fingerprint density at radius 1 is 0.643 bits per heavy atom. The van der Waals surface area contributed by atoms with E-state index in [-0.39, 0.29) is 21.8 Å². The topological polar surface area (TPSA) is 48.5 Å². The summed E-state index contributed by atoms with van der Waals surface area (Å²) in [6.45, 7) is 42.2. The average Bonchev–Trinajstić information content (AvgIpc) is 2.76. The first kappa shape index (κ1) is 39.1. The Bertz CT molecular complexity index is 869. The summed E-state index contributed by atoms with van der Waals surface area (Å²) in [6.07, 6.45) is 0. The molecule has 0 aliphatic carbocycles. The van der Waals surface area contributed by atoms with Crippen LogP contribution in [0.4, 0.5) is 0 Å². The Kier molecular flexibility index (Phi) is 15.2. The highest BCUT2D eigenvalue weighted by molar-refractivity contribution is 6.74. The van der Waals surface area contributed by atoms with E-state index in [1.54, 1.807) is 0 Å². The summed E-state index contributed by atoms with van der Waals surface area (Å²) in [7, 11) is -1.80. The van der Waals surface area contributed by atoms with Gasteiger partial charge in [-0.05, 0) is 49.7 Å². The number of carbonyl (C=O) groups excluding carboxylic acids is 1. The lowest BCUT2D eigenvalue weighted by atomic mass is 9.95. The molecule has 246 valence electrons. The maximum Gasteiger partial charge on any atom is 0.320 e. The van der Waals surface area contributed by atoms with Crippen molar-refractivity contribution in [2.24, 2.45) is 10.8 Å². The molecule has 0 N–H and O–H groups in total. The fraction of sp³-hybridized carbons (Fsp3) is 0.912. The van der Waals surface area contributed by atoms with Crippen LogP contribution in [-0.2, 0) is 14.0 Å². The molecule has 0 radical (unpaired) electrons. The number of nitrogens with zero attached hydrogens (tertiary/aromatic N) is 4. The van der Waals surface area contributed by atoms with Crippen molar-refractivity contribution in [2.75, 3.05) is 85.1 Å². The van der Waals surface area contributed by atoms with Gasteiger partial charge in [-0.15, -0.1) is 0 Å². The lowest BCUT2D eigenvalue weighted by Crippen LogP contribution is -2.49. The van der Waals surface area contributed by atoms with Gasteiger partial charge in [-0.3, -0.25) is 14.6 Å². The van der Waals surface area contributed by atoms with Crippen LogP contribution in [0.2, 0.25) is 18.1 Å². The zero-order valence-corrected chi connectivity index (χ0v) is 31.2. The lowest BCUT2D eigenvalue weighted by Gasteiger charge is -2.37. The maximum absolute atomic E-state index is 12.8. The number of ether oxygens (including phenoxy) is 1. The molecule has 1 fully saturated rings. The SMILES string of the molecule is CC(C)(C)CN1CCN(CC#CCO[Si](C)(C)C(C)(C)C)CCN(CC(=O)OC(C)(C)C)CCN(CC(C)(C)C)CC1. The standard InChI is InChI=1S/C34H68N4O3Si/c1-31(2,3)28-37-22-19-35(17-15-16-26-40-42(13,14)34(10,11)12)18-20-36(27-30(39)41-33(7,8)9)21-23-38(25-24-37)29-32(4,5)6/h17-29H2,1-14H3. The van der Waals surface area contributed by atoms with Gasteiger partial charge in [0.25, 0.3) is 0 Å². The molecule has 1 heterocycles. The van der Waals surface area contributed by atoms with E-state index in [0.29, 0.717) is 19.7 Å². The van der Waals surface area contributed by atoms with Crippen molar-refractivity contribution in [3.63, 3.8) is 0 Å². The summed E-state index contributed by atoms with van der Waals surface area (Å²) in [5, 5.41) is 0.183. The van der Waals surface area contributed by atoms with Gasteiger partial charge in [-0.1, -0.05) is 74.2 Å². The van der Waals surface area contributed by atoms with Gasteiger partial charge >= 0.3 is 5.97 Å². The minimum Gasteiger partial charge on any atom is -0.459 e. The van der Waals surface area contributed by atoms with Crippen LogP contribution in [0.3, 0.4) is 0 Å². The highest BCUT2D eigenvalue weighted by atomic mass is 28.4. The highest BCUT2D eigenvalue weighted by Gasteiger charge is 2.36. The fourth-order valence-electron chi connectivity index (χ4n) is 4.76. The summed E-state index contributed by atoms with van der Waals surface area (Å²) in [6, 6.07) is 0. The molecule has 1 aliphatic rings. The smallest absolute Gasteiger partial charge is 0.320 e. The number of hydrogen-bond acceptors (Lipinski definition) is 7. The first-order valence-electron chi connectivity index (χ1n) is 16.2. The quantitative estimate of drug-likeness (QED) is 0.210. The molecule has 0 aromatic rings. The van der Waals surface area contributed by atoms with Gasteiger partial charge in [0.2, 0.25) is 0 Å². The lowest BCUT2D eigenvalue weighted by molar-refractivity contribution is -0.156. The molecule has 0 amide bonds. The van der Waals surface area contributed by atoms with E-state index < -0.39 is 13.9 Å². The largest absolute Gasteiger partial charge is 0.459 e. The normalized spacial score (nSPS) is 19.0. The predicted octanol–water partition coefficient (Wildman–Crippen LogP) is 5.67. The van der Waals surface area contributed by atoms with Gasteiger partial charge in [0.15, 0.2) is 8.32 Å². The number of carbonyl (C=O) groups is 1. The third-order valence-electron chi connectivity index (χ3n) is 7.84. The van der Waals surface area contributed by atoms with E-state index >= 15 is 0 Å². The summed E-state index contributed by atoms with van der Waals surface area (Å²) in [5.41, 5.74) is -0.0277. The van der Waals surface area contributed by atoms with Crippen molar-refractivity contribution in [3.8, 4) is 11.8 Å². The number of esters is 1. The van der Waals surface area contributed by atoms with Crippen LogP contribution in [0.1, 0.15) is 83.1 Å². The van der Waals surface area contributed by atoms with Crippen molar-refractivity contribution in [3.05, 3.63) is 0 Å². The van der Waals surface area contributed by atoms with Crippen LogP contribution in [0.25, 0.3) is 0 Å². The zero-order valence-electron chi connectivity index (χ0n) is 30.2. The minimum atomic E-state index is -1.80. The molecular formula is C34H68N4O3Si. The van der Waals surface area contributed by atoms with Crippen LogP contribution in [-0.4, -0.2) is 125 Å². The first-order valence-corrected chi connectivity index (χ1v) is 19.1. The molecule has 7 nitrogen and oxygen atoms in total. The van der Waals surface area contributed by atoms with Crippen molar-refractivity contribution < 1.29 is 14.0 Å². The summed E-state index contributed by atoms with van der Waals surface area (Å²) >= 11 is 0. The minimum absolute atomic E-state index is 0.151. The Hall–Kier alpha value is -0.953. The van der Waals surface area contributed by atoms with Crippen molar-refractivity contribution in [1.29, 1.82) is 0 Å². The van der Waals surface area contributed by atoms with Crippen molar-refractivity contribution >= 4 is 14.3 Å². The monoisotopic (exact) mass is 609 g/mol. The molecule has 0 bridgehead atoms. The summed E-state index contributed by atoms with van der Waals surface area (Å²) in [5.74, 6) is 6.57. The van der Waals surface area contributed by atoms with Crippen LogP contribution in [0.15, 0.2) is 0 Å². The van der Waals surface area contributed by atoms with Crippen LogP contribution < -0.4 is 0 Å². The van der Waals surface area contributed by atoms with E-state index in [2.05, 4.69) is 107 Å². The van der Waals surface area contributed by atoms with Gasteiger partial charge in [-0.25, -0.2) is 0 Å². The molecule has 0 aromatic heterocycles. The maximum atomic E-state index is 12.8. The zero-order chi connectivity index (χ0) is 32.4. The number of hydrogen-bond donors (Lipinski definition) is 0. The summed E-state index contributed by atoms with van der Waals surface area (Å²) < 4.78 is 12.0. The summed E-state index contributed by atoms with van der Waals surface area (Å²) in [4.78, 5) is 22.8. The third kappa shape index (κ3) is 18.0. The molecule has 8 heteroatoms. The van der Waals surface area contributed by atoms with E-state index in [4.69, 9.17) is 9.16 Å². The average molecular weight is 609 g/mol. The van der Waals surface area contributed by atoms with Gasteiger partial charge in [0, 0.05) is 65.4 Å². The number of rotatable bonds is 7. The van der Waals surface area contributed by atoms with Gasteiger partial charge in [0.1, 0.15) is 5.60 Å². The molecule has 0 unspecified atom stereocenters. The van der Waals surface area contributed by atoms with E-state index in [0.717, 1.165) is 65.4 Å². The van der Waals surface area contributed by atoms with Crippen molar-refractivity contribution in [2.45, 2.75) is 107 Å². The molecular weight excluding hydrogens is 540 g/mol. The molecule has 0 saturated carbocycles. The molecule has 42 heavy (non-hydrogen) atoms. The van der Waals surface area contributed by atoms with Crippen LogP contribution >= 0.6 is 0 Å². The highest BCUT2D eigenvalue weighted by Crippen LogP contribution is 2.36. The second-order valence-corrected chi connectivity index (χ2v) is 22.0. The third-order valence-corrected chi connectivity index (χ3v) is 12.3. The van der Waals surface area contributed by atoms with Gasteiger partial charge < -0.3 is 19.0 Å². The van der Waals surface area contributed by atoms with Crippen LogP contribution in [0.5, 0.6) is 0 Å². The van der Waals surface area contributed by atoms with E-state index in [9.17, 15) is 4.79 Å². The second kappa shape index (κ2) is 16.4. The molecule has 1 rings (SSSR count). The Balaban J connectivity index is 3.09. The van der Waals surface area contributed by atoms with Gasteiger partial charge in [-0.2, -0.15) is 0 Å². The molecule has 0 aromatic carbocycles. The van der Waals surface area contributed by atoms with Crippen molar-refractivity contribution in [1.82, 2.24) is 19.6 Å². The molecule has 1 aliphatic heterocycles. The van der Waals surface area contributed by atoms with E-state index in [1.807, 2.05) is 20.8 Å². The fourth-order valence-corrected chi connectivity index (χ4v) is 5.63. The van der Waals surface area contributed by atoms with Crippen LogP contribution in [0, 0.1) is 22.7 Å². The molecule has 0 spiro atoms. The predicted molar refractivity (Wildman–Crippen MR) is 181 cm³/mol. The molecule has 0 atom stereocenters. The molecule has 1 saturated heterocycles.